The van der Waals surface area contributed by atoms with Gasteiger partial charge in [0.25, 0.3) is 11.5 Å². The molecule has 424 valence electrons. The summed E-state index contributed by atoms with van der Waals surface area (Å²) in [6.45, 7) is -0.188. The molecule has 17 nitrogen and oxygen atoms in total. The lowest BCUT2D eigenvalue weighted by Crippen LogP contribution is -2.64. The molecule has 7 atom stereocenters. The molecule has 7 aromatic carbocycles. The smallest absolute Gasteiger partial charge is 0.335 e. The van der Waals surface area contributed by atoms with Crippen molar-refractivity contribution in [3.05, 3.63) is 248 Å². The third kappa shape index (κ3) is 10.3. The van der Waals surface area contributed by atoms with Crippen molar-refractivity contribution < 1.29 is 48.3 Å². The van der Waals surface area contributed by atoms with E-state index in [9.17, 15) is 29.4 Å². The second-order valence-corrected chi connectivity index (χ2v) is 21.2. The molecule has 1 aliphatic heterocycles. The molecule has 83 heavy (non-hydrogen) atoms. The fourth-order valence-corrected chi connectivity index (χ4v) is 12.4. The molecule has 2 aliphatic carbocycles. The van der Waals surface area contributed by atoms with Gasteiger partial charge < -0.3 is 50.7 Å². The summed E-state index contributed by atoms with van der Waals surface area (Å²) in [4.78, 5) is 72.6. The molecule has 1 fully saturated rings. The number of nitrogens with zero attached hydrogens (tertiary/aromatic N) is 1. The number of H-pyrrole nitrogens is 1. The van der Waals surface area contributed by atoms with E-state index in [4.69, 9.17) is 35.2 Å². The first kappa shape index (κ1) is 55.9. The maximum atomic E-state index is 15.4. The van der Waals surface area contributed by atoms with Crippen LogP contribution in [-0.2, 0) is 34.0 Å². The average molecular weight is 1120 g/mol. The van der Waals surface area contributed by atoms with Crippen LogP contribution >= 0.6 is 0 Å². The van der Waals surface area contributed by atoms with Gasteiger partial charge >= 0.3 is 17.6 Å². The monoisotopic (exact) mass is 1120 g/mol. The van der Waals surface area contributed by atoms with Gasteiger partial charge in [0.1, 0.15) is 55.1 Å². The lowest BCUT2D eigenvalue weighted by molar-refractivity contribution is -0.156. The maximum absolute atomic E-state index is 15.4. The van der Waals surface area contributed by atoms with E-state index in [2.05, 4.69) is 10.3 Å². The molecule has 17 heteroatoms. The van der Waals surface area contributed by atoms with E-state index in [1.54, 1.807) is 60.7 Å². The number of aromatic nitrogens is 2. The summed E-state index contributed by atoms with van der Waals surface area (Å²) in [6, 6.07) is 52.7. The first-order valence-corrected chi connectivity index (χ1v) is 27.5. The summed E-state index contributed by atoms with van der Waals surface area (Å²) in [5, 5.41) is 29.0. The van der Waals surface area contributed by atoms with Gasteiger partial charge in [0.2, 0.25) is 0 Å². The van der Waals surface area contributed by atoms with Crippen molar-refractivity contribution in [3.63, 3.8) is 0 Å². The minimum Gasteiger partial charge on any atom is -0.497 e. The molecule has 3 aliphatic rings. The molecule has 2 unspecified atom stereocenters. The summed E-state index contributed by atoms with van der Waals surface area (Å²) >= 11 is 0. The number of aliphatic hydroxyl groups excluding tert-OH is 2. The number of esters is 2. The number of benzene rings is 7. The fraction of sp³-hybridized carbons (Fsp3) is 0.258. The Morgan fingerprint density at radius 1 is 0.651 bits per heavy atom. The second kappa shape index (κ2) is 23.5. The first-order chi connectivity index (χ1) is 40.3. The highest BCUT2D eigenvalue weighted by Gasteiger charge is 2.57. The number of hydrogen-bond acceptors (Lipinski definition) is 14. The van der Waals surface area contributed by atoms with Gasteiger partial charge in [-0.15, -0.1) is 0 Å². The third-order valence-corrected chi connectivity index (χ3v) is 16.7. The minimum atomic E-state index is -2.55. The summed E-state index contributed by atoms with van der Waals surface area (Å²) in [7, 11) is 3.05. The number of nitrogens with one attached hydrogen (secondary N) is 2. The molecule has 2 heterocycles. The van der Waals surface area contributed by atoms with Gasteiger partial charge in [-0.1, -0.05) is 152 Å². The van der Waals surface area contributed by atoms with Crippen molar-refractivity contribution in [1.82, 2.24) is 14.9 Å². The zero-order valence-electron chi connectivity index (χ0n) is 45.6. The van der Waals surface area contributed by atoms with Crippen molar-refractivity contribution >= 4 is 17.8 Å². The van der Waals surface area contributed by atoms with Crippen LogP contribution in [0.4, 0.5) is 0 Å². The Hall–Kier alpha value is -8.97. The number of ether oxygens (including phenoxy) is 5. The molecule has 0 bridgehead atoms. The van der Waals surface area contributed by atoms with Gasteiger partial charge in [0, 0.05) is 24.1 Å². The normalized spacial score (nSPS) is 18.6. The predicted octanol–water partition coefficient (Wildman–Crippen LogP) is 6.60. The SMILES string of the molecule is COc1ccc(C(c2ccccc2)(c2ccc(OC)cc2)C(O)[C@H]2O[C@@H](n3ccc(=O)[nH]c3=O)[C@H](NC(=O)[C@@](N)(CCCC(N)C(=O)OCC3c4ccccc4-c4ccccc43)C(=O)OCC3c4ccccc4-c4ccccc43)[C@@H]2O)cc1. The number of methoxy groups -OCH3 is 2. The molecule has 1 amide bonds. The summed E-state index contributed by atoms with van der Waals surface area (Å²) in [5.74, 6) is -2.56. The lowest BCUT2D eigenvalue weighted by atomic mass is 9.64. The van der Waals surface area contributed by atoms with Gasteiger partial charge in [-0.05, 0) is 105 Å². The molecular weight excluding hydrogens is 1050 g/mol. The standard InChI is InChI=1S/C66H63N5O12/c1-79-42-30-26-40(27-31-42)66(39-15-4-3-5-16-39,41-28-32-43(80-2)33-29-41)59(74)58-57(73)56(60(83-58)71-36-34-55(72)69-64(71)78)70-62(76)65(68,63(77)82-38-53-50-23-12-8-19-46(50)47-20-9-13-24-51(47)53)35-14-25-54(67)61(75)81-37-52-48-21-10-6-17-44(48)45-18-7-11-22-49(45)52/h3-13,15-24,26-34,36,52-54,56-60,73-74H,14,25,35,37-38,67-68H2,1-2H3,(H,70,76)(H,69,72,78)/t54?,56-,57+,58+,59?,60-,65+/m1/s1. The van der Waals surface area contributed by atoms with E-state index < -0.39 is 89.0 Å². The topological polar surface area (TPSA) is 257 Å². The number of nitrogens with two attached hydrogens (primary N) is 2. The van der Waals surface area contributed by atoms with E-state index in [-0.39, 0.29) is 32.0 Å². The molecule has 0 spiro atoms. The van der Waals surface area contributed by atoms with E-state index in [0.717, 1.165) is 61.3 Å². The molecule has 1 saturated heterocycles. The average Bonchev–Trinajstić information content (AvgIpc) is 4.33. The molecule has 11 rings (SSSR count). The number of aliphatic hydroxyl groups is 2. The predicted molar refractivity (Wildman–Crippen MR) is 310 cm³/mol. The summed E-state index contributed by atoms with van der Waals surface area (Å²) in [5.41, 5.74) is 17.3. The Morgan fingerprint density at radius 2 is 1.11 bits per heavy atom. The quantitative estimate of drug-likeness (QED) is 0.0267. The van der Waals surface area contributed by atoms with Crippen LogP contribution in [0.5, 0.6) is 11.5 Å². The van der Waals surface area contributed by atoms with Gasteiger partial charge in [0.05, 0.1) is 19.6 Å². The minimum absolute atomic E-state index is 0.0250. The number of rotatable bonds is 20. The molecule has 8 aromatic rings. The first-order valence-electron chi connectivity index (χ1n) is 27.5. The highest BCUT2D eigenvalue weighted by molar-refractivity contribution is 6.07. The lowest BCUT2D eigenvalue weighted by Gasteiger charge is -2.43. The van der Waals surface area contributed by atoms with Gasteiger partial charge in [-0.2, -0.15) is 0 Å². The number of amides is 1. The van der Waals surface area contributed by atoms with E-state index in [1.165, 1.54) is 14.2 Å². The van der Waals surface area contributed by atoms with E-state index in [0.29, 0.717) is 28.2 Å². The van der Waals surface area contributed by atoms with Crippen LogP contribution in [0, 0.1) is 0 Å². The van der Waals surface area contributed by atoms with Crippen molar-refractivity contribution in [1.29, 1.82) is 0 Å². The molecular formula is C66H63N5O12. The Morgan fingerprint density at radius 3 is 1.59 bits per heavy atom. The summed E-state index contributed by atoms with van der Waals surface area (Å²) in [6.07, 6.45) is -6.34. The molecule has 0 saturated carbocycles. The second-order valence-electron chi connectivity index (χ2n) is 21.2. The highest BCUT2D eigenvalue weighted by Crippen LogP contribution is 2.49. The number of fused-ring (bicyclic) bond motifs is 6. The van der Waals surface area contributed by atoms with Crippen molar-refractivity contribution in [2.75, 3.05) is 27.4 Å². The number of hydrogen-bond donors (Lipinski definition) is 6. The number of carbonyl (C=O) groups excluding carboxylic acids is 3. The van der Waals surface area contributed by atoms with E-state index >= 15 is 4.79 Å². The van der Waals surface area contributed by atoms with E-state index in [1.807, 2.05) is 115 Å². The Labute approximate surface area is 478 Å². The van der Waals surface area contributed by atoms with Gasteiger partial charge in [-0.3, -0.25) is 23.9 Å². The highest BCUT2D eigenvalue weighted by atomic mass is 16.6. The number of aromatic amines is 1. The fourth-order valence-electron chi connectivity index (χ4n) is 12.4. The van der Waals surface area contributed by atoms with Gasteiger partial charge in [0.15, 0.2) is 11.8 Å². The largest absolute Gasteiger partial charge is 0.497 e. The molecule has 0 radical (unpaired) electrons. The van der Waals surface area contributed by atoms with Crippen LogP contribution in [0.1, 0.15) is 76.3 Å². The third-order valence-electron chi connectivity index (χ3n) is 16.7. The number of carbonyl (C=O) groups is 3. The van der Waals surface area contributed by atoms with Crippen LogP contribution in [0.25, 0.3) is 22.3 Å². The van der Waals surface area contributed by atoms with Crippen LogP contribution in [0.2, 0.25) is 0 Å². The Balaban J connectivity index is 0.913. The zero-order valence-corrected chi connectivity index (χ0v) is 45.6. The van der Waals surface area contributed by atoms with Crippen LogP contribution < -0.4 is 37.5 Å². The van der Waals surface area contributed by atoms with Crippen LogP contribution in [-0.4, -0.2) is 101 Å². The Bertz CT molecular complexity index is 3660. The van der Waals surface area contributed by atoms with Crippen LogP contribution in [0.15, 0.2) is 198 Å². The molecule has 1 aromatic heterocycles. The Kier molecular flexibility index (Phi) is 15.8. The van der Waals surface area contributed by atoms with Crippen molar-refractivity contribution in [3.8, 4) is 33.8 Å². The van der Waals surface area contributed by atoms with Crippen LogP contribution in [0.3, 0.4) is 0 Å². The summed E-state index contributed by atoms with van der Waals surface area (Å²) < 4.78 is 30.7. The van der Waals surface area contributed by atoms with Gasteiger partial charge in [-0.25, -0.2) is 9.59 Å². The van der Waals surface area contributed by atoms with Crippen molar-refractivity contribution in [2.24, 2.45) is 11.5 Å². The van der Waals surface area contributed by atoms with Crippen molar-refractivity contribution in [2.45, 2.75) is 78.7 Å². The maximum Gasteiger partial charge on any atom is 0.335 e. The molecule has 8 N–H and O–H groups in total. The zero-order chi connectivity index (χ0) is 58.0.